The number of hydrogen-bond donors (Lipinski definition) is 1. The van der Waals surface area contributed by atoms with Crippen LogP contribution in [0.15, 0.2) is 6.33 Å². The lowest BCUT2D eigenvalue weighted by Gasteiger charge is -2.29. The lowest BCUT2D eigenvalue weighted by atomic mass is 9.84. The predicted molar refractivity (Wildman–Crippen MR) is 77.6 cm³/mol. The highest BCUT2D eigenvalue weighted by molar-refractivity contribution is 5.79. The van der Waals surface area contributed by atoms with E-state index in [4.69, 9.17) is 10.5 Å². The normalized spacial score (nSPS) is 18.3. The van der Waals surface area contributed by atoms with Gasteiger partial charge >= 0.3 is 0 Å². The summed E-state index contributed by atoms with van der Waals surface area (Å²) in [5.41, 5.74) is 7.53. The first kappa shape index (κ1) is 13.1. The van der Waals surface area contributed by atoms with Crippen molar-refractivity contribution in [2.24, 2.45) is 5.92 Å². The maximum absolute atomic E-state index is 6.11. The van der Waals surface area contributed by atoms with Crippen LogP contribution in [0.1, 0.15) is 45.1 Å². The highest BCUT2D eigenvalue weighted by atomic mass is 16.5. The second-order valence-electron chi connectivity index (χ2n) is 5.53. The van der Waals surface area contributed by atoms with Gasteiger partial charge in [-0.05, 0) is 25.7 Å². The van der Waals surface area contributed by atoms with Crippen molar-refractivity contribution in [1.29, 1.82) is 0 Å². The zero-order valence-electron chi connectivity index (χ0n) is 12.0. The van der Waals surface area contributed by atoms with E-state index >= 15 is 0 Å². The van der Waals surface area contributed by atoms with Gasteiger partial charge in [-0.25, -0.2) is 9.97 Å². The minimum Gasteiger partial charge on any atom is -0.479 e. The van der Waals surface area contributed by atoms with Crippen LogP contribution in [0.5, 0.6) is 5.88 Å². The van der Waals surface area contributed by atoms with Gasteiger partial charge in [-0.1, -0.05) is 19.3 Å². The average Bonchev–Trinajstić information content (AvgIpc) is 2.83. The Morgan fingerprint density at radius 3 is 2.75 bits per heavy atom. The van der Waals surface area contributed by atoms with E-state index in [1.54, 1.807) is 7.11 Å². The number of nitrogen functional groups attached to an aromatic ring is 1. The summed E-state index contributed by atoms with van der Waals surface area (Å²) < 4.78 is 7.28. The average molecular weight is 275 g/mol. The molecule has 0 spiro atoms. The lowest BCUT2D eigenvalue weighted by molar-refractivity contribution is 0.269. The van der Waals surface area contributed by atoms with Crippen LogP contribution >= 0.6 is 0 Å². The van der Waals surface area contributed by atoms with E-state index in [1.807, 2.05) is 4.57 Å². The Hall–Kier alpha value is -1.85. The number of nitrogens with two attached hydrogens (primary N) is 1. The fourth-order valence-electron chi connectivity index (χ4n) is 3.28. The molecule has 0 radical (unpaired) electrons. The molecule has 1 atom stereocenters. The molecular weight excluding hydrogens is 254 g/mol. The summed E-state index contributed by atoms with van der Waals surface area (Å²) in [5.74, 6) is 1.62. The Morgan fingerprint density at radius 2 is 2.05 bits per heavy atom. The Kier molecular flexibility index (Phi) is 3.46. The van der Waals surface area contributed by atoms with Crippen LogP contribution in [0, 0.1) is 5.92 Å². The molecule has 6 nitrogen and oxygen atoms in total. The van der Waals surface area contributed by atoms with Crippen molar-refractivity contribution < 1.29 is 4.74 Å². The van der Waals surface area contributed by atoms with Crippen molar-refractivity contribution in [1.82, 2.24) is 19.5 Å². The number of methoxy groups -OCH3 is 1. The Balaban J connectivity index is 2.04. The topological polar surface area (TPSA) is 78.8 Å². The van der Waals surface area contributed by atoms with Gasteiger partial charge in [-0.15, -0.1) is 0 Å². The molecule has 0 saturated heterocycles. The van der Waals surface area contributed by atoms with Crippen molar-refractivity contribution in [3.63, 3.8) is 0 Å². The molecule has 0 aliphatic heterocycles. The van der Waals surface area contributed by atoms with Gasteiger partial charge in [0.2, 0.25) is 11.8 Å². The molecule has 1 unspecified atom stereocenters. The first-order valence-electron chi connectivity index (χ1n) is 7.24. The monoisotopic (exact) mass is 275 g/mol. The van der Waals surface area contributed by atoms with Crippen LogP contribution in [0.3, 0.4) is 0 Å². The number of imidazole rings is 1. The number of nitrogens with zero attached hydrogens (tertiary/aromatic N) is 4. The molecule has 1 saturated carbocycles. The van der Waals surface area contributed by atoms with Gasteiger partial charge in [-0.2, -0.15) is 4.98 Å². The van der Waals surface area contributed by atoms with Crippen LogP contribution in [-0.2, 0) is 0 Å². The first-order chi connectivity index (χ1) is 9.72. The lowest BCUT2D eigenvalue weighted by Crippen LogP contribution is -2.20. The highest BCUT2D eigenvalue weighted by Crippen LogP contribution is 2.36. The summed E-state index contributed by atoms with van der Waals surface area (Å²) in [6.07, 6.45) is 7.97. The quantitative estimate of drug-likeness (QED) is 0.931. The van der Waals surface area contributed by atoms with E-state index < -0.39 is 0 Å². The second-order valence-corrected chi connectivity index (χ2v) is 5.53. The standard InChI is InChI=1S/C14H21N5O/c1-9(10-6-4-3-5-7-10)19-12-11(18-14(19)15)13(20-2)17-8-16-12/h8-10H,3-7H2,1-2H3,(H2,15,18). The van der Waals surface area contributed by atoms with Gasteiger partial charge in [-0.3, -0.25) is 4.57 Å². The summed E-state index contributed by atoms with van der Waals surface area (Å²) >= 11 is 0. The number of anilines is 1. The van der Waals surface area contributed by atoms with Crippen molar-refractivity contribution in [2.75, 3.05) is 12.8 Å². The largest absolute Gasteiger partial charge is 0.479 e. The molecule has 0 aromatic carbocycles. The second kappa shape index (κ2) is 5.26. The molecule has 2 N–H and O–H groups in total. The smallest absolute Gasteiger partial charge is 0.245 e. The molecule has 0 bridgehead atoms. The number of hydrogen-bond acceptors (Lipinski definition) is 5. The van der Waals surface area contributed by atoms with E-state index in [0.717, 1.165) is 5.65 Å². The highest BCUT2D eigenvalue weighted by Gasteiger charge is 2.26. The van der Waals surface area contributed by atoms with Gasteiger partial charge in [0, 0.05) is 6.04 Å². The molecule has 0 amide bonds. The molecule has 2 aromatic rings. The number of fused-ring (bicyclic) bond motifs is 1. The van der Waals surface area contributed by atoms with Gasteiger partial charge in [0.1, 0.15) is 6.33 Å². The van der Waals surface area contributed by atoms with Gasteiger partial charge < -0.3 is 10.5 Å². The summed E-state index contributed by atoms with van der Waals surface area (Å²) in [4.78, 5) is 12.8. The van der Waals surface area contributed by atoms with E-state index in [9.17, 15) is 0 Å². The van der Waals surface area contributed by atoms with Gasteiger partial charge in [0.25, 0.3) is 0 Å². The molecular formula is C14H21N5O. The van der Waals surface area contributed by atoms with Crippen LogP contribution in [0.25, 0.3) is 11.2 Å². The summed E-state index contributed by atoms with van der Waals surface area (Å²) in [5, 5.41) is 0. The molecule has 1 fully saturated rings. The van der Waals surface area contributed by atoms with E-state index in [1.165, 1.54) is 38.4 Å². The first-order valence-corrected chi connectivity index (χ1v) is 7.24. The molecule has 1 aliphatic carbocycles. The summed E-state index contributed by atoms with van der Waals surface area (Å²) in [6, 6.07) is 0.305. The predicted octanol–water partition coefficient (Wildman–Crippen LogP) is 2.56. The van der Waals surface area contributed by atoms with Crippen molar-refractivity contribution in [3.8, 4) is 5.88 Å². The van der Waals surface area contributed by atoms with Crippen LogP contribution in [0.2, 0.25) is 0 Å². The third-order valence-electron chi connectivity index (χ3n) is 4.40. The zero-order chi connectivity index (χ0) is 14.1. The van der Waals surface area contributed by atoms with Crippen LogP contribution in [-0.4, -0.2) is 26.6 Å². The van der Waals surface area contributed by atoms with Gasteiger partial charge in [0.15, 0.2) is 11.2 Å². The fourth-order valence-corrected chi connectivity index (χ4v) is 3.28. The maximum atomic E-state index is 6.11. The molecule has 3 rings (SSSR count). The molecule has 108 valence electrons. The zero-order valence-corrected chi connectivity index (χ0v) is 12.0. The molecule has 2 aromatic heterocycles. The minimum absolute atomic E-state index is 0.305. The molecule has 20 heavy (non-hydrogen) atoms. The third kappa shape index (κ3) is 2.09. The van der Waals surface area contributed by atoms with E-state index in [2.05, 4.69) is 21.9 Å². The third-order valence-corrected chi connectivity index (χ3v) is 4.40. The Labute approximate surface area is 118 Å². The Bertz CT molecular complexity index is 603. The summed E-state index contributed by atoms with van der Waals surface area (Å²) in [6.45, 7) is 2.21. The number of aromatic nitrogens is 4. The van der Waals surface area contributed by atoms with Crippen molar-refractivity contribution >= 4 is 17.1 Å². The van der Waals surface area contributed by atoms with Gasteiger partial charge in [0.05, 0.1) is 7.11 Å². The van der Waals surface area contributed by atoms with Crippen molar-refractivity contribution in [3.05, 3.63) is 6.33 Å². The summed E-state index contributed by atoms with van der Waals surface area (Å²) in [7, 11) is 1.58. The van der Waals surface area contributed by atoms with Crippen LogP contribution in [0.4, 0.5) is 5.95 Å². The fraction of sp³-hybridized carbons (Fsp3) is 0.643. The van der Waals surface area contributed by atoms with Crippen molar-refractivity contribution in [2.45, 2.75) is 45.1 Å². The van der Waals surface area contributed by atoms with E-state index in [-0.39, 0.29) is 0 Å². The molecule has 2 heterocycles. The number of ether oxygens (including phenoxy) is 1. The SMILES string of the molecule is COc1ncnc2c1nc(N)n2C(C)C1CCCCC1. The minimum atomic E-state index is 0.305. The molecule has 1 aliphatic rings. The molecule has 6 heteroatoms. The Morgan fingerprint density at radius 1 is 1.30 bits per heavy atom. The maximum Gasteiger partial charge on any atom is 0.245 e. The number of rotatable bonds is 3. The van der Waals surface area contributed by atoms with Crippen LogP contribution < -0.4 is 10.5 Å². The van der Waals surface area contributed by atoms with E-state index in [0.29, 0.717) is 29.3 Å².